The summed E-state index contributed by atoms with van der Waals surface area (Å²) in [5.41, 5.74) is 0. The SMILES string of the molecule is CCC[C@H](O)[C@H](F)C(=O)OCC. The molecule has 0 saturated heterocycles. The Hall–Kier alpha value is -0.640. The minimum Gasteiger partial charge on any atom is -0.464 e. The average molecular weight is 178 g/mol. The number of hydrogen-bond acceptors (Lipinski definition) is 3. The van der Waals surface area contributed by atoms with Gasteiger partial charge in [0, 0.05) is 0 Å². The van der Waals surface area contributed by atoms with Crippen LogP contribution < -0.4 is 0 Å². The lowest BCUT2D eigenvalue weighted by Gasteiger charge is -2.12. The van der Waals surface area contributed by atoms with Gasteiger partial charge in [-0.05, 0) is 13.3 Å². The minimum atomic E-state index is -1.90. The fraction of sp³-hybridized carbons (Fsp3) is 0.875. The maximum atomic E-state index is 12.8. The van der Waals surface area contributed by atoms with Gasteiger partial charge in [0.25, 0.3) is 0 Å². The van der Waals surface area contributed by atoms with Crippen molar-refractivity contribution in [3.8, 4) is 0 Å². The predicted molar refractivity (Wildman–Crippen MR) is 42.4 cm³/mol. The molecule has 0 rings (SSSR count). The number of alkyl halides is 1. The molecule has 2 atom stereocenters. The molecule has 0 aromatic heterocycles. The van der Waals surface area contributed by atoms with E-state index in [1.165, 1.54) is 0 Å². The normalized spacial score (nSPS) is 15.3. The highest BCUT2D eigenvalue weighted by Crippen LogP contribution is 2.07. The van der Waals surface area contributed by atoms with E-state index in [9.17, 15) is 9.18 Å². The number of carbonyl (C=O) groups is 1. The molecule has 0 unspecified atom stereocenters. The number of aliphatic hydroxyl groups is 1. The molecule has 0 aromatic rings. The Bertz CT molecular complexity index is 138. The molecule has 0 amide bonds. The second-order valence-electron chi connectivity index (χ2n) is 2.51. The van der Waals surface area contributed by atoms with Gasteiger partial charge in [0.2, 0.25) is 6.17 Å². The quantitative estimate of drug-likeness (QED) is 0.640. The van der Waals surface area contributed by atoms with Crippen molar-refractivity contribution in [1.82, 2.24) is 0 Å². The van der Waals surface area contributed by atoms with E-state index in [1.807, 2.05) is 0 Å². The first-order chi connectivity index (χ1) is 5.63. The molecule has 0 aliphatic carbocycles. The van der Waals surface area contributed by atoms with E-state index in [0.717, 1.165) is 0 Å². The maximum Gasteiger partial charge on any atom is 0.343 e. The van der Waals surface area contributed by atoms with Gasteiger partial charge in [0.15, 0.2) is 0 Å². The average Bonchev–Trinajstić information content (AvgIpc) is 2.04. The fourth-order valence-electron chi connectivity index (χ4n) is 0.821. The fourth-order valence-corrected chi connectivity index (χ4v) is 0.821. The smallest absolute Gasteiger partial charge is 0.343 e. The van der Waals surface area contributed by atoms with Gasteiger partial charge in [-0.25, -0.2) is 9.18 Å². The van der Waals surface area contributed by atoms with E-state index in [-0.39, 0.29) is 13.0 Å². The van der Waals surface area contributed by atoms with E-state index >= 15 is 0 Å². The summed E-state index contributed by atoms with van der Waals surface area (Å²) >= 11 is 0. The Morgan fingerprint density at radius 2 is 2.17 bits per heavy atom. The van der Waals surface area contributed by atoms with Crippen LogP contribution in [0.25, 0.3) is 0 Å². The summed E-state index contributed by atoms with van der Waals surface area (Å²) in [6.45, 7) is 3.54. The van der Waals surface area contributed by atoms with Crippen LogP contribution in [0.1, 0.15) is 26.7 Å². The van der Waals surface area contributed by atoms with Gasteiger partial charge in [0.1, 0.15) is 0 Å². The summed E-state index contributed by atoms with van der Waals surface area (Å²) in [5, 5.41) is 9.04. The molecule has 0 aliphatic rings. The first-order valence-corrected chi connectivity index (χ1v) is 4.12. The molecule has 0 spiro atoms. The summed E-state index contributed by atoms with van der Waals surface area (Å²) in [4.78, 5) is 10.7. The molecular formula is C8H15FO3. The van der Waals surface area contributed by atoms with Gasteiger partial charge in [-0.1, -0.05) is 13.3 Å². The summed E-state index contributed by atoms with van der Waals surface area (Å²) < 4.78 is 17.2. The van der Waals surface area contributed by atoms with Gasteiger partial charge in [-0.15, -0.1) is 0 Å². The van der Waals surface area contributed by atoms with Crippen molar-refractivity contribution >= 4 is 5.97 Å². The van der Waals surface area contributed by atoms with E-state index < -0.39 is 18.2 Å². The van der Waals surface area contributed by atoms with Crippen molar-refractivity contribution in [1.29, 1.82) is 0 Å². The number of ether oxygens (including phenoxy) is 1. The van der Waals surface area contributed by atoms with Gasteiger partial charge in [-0.2, -0.15) is 0 Å². The van der Waals surface area contributed by atoms with Crippen molar-refractivity contribution in [2.45, 2.75) is 39.0 Å². The molecule has 72 valence electrons. The number of carbonyl (C=O) groups excluding carboxylic acids is 1. The highest BCUT2D eigenvalue weighted by molar-refractivity contribution is 5.75. The maximum absolute atomic E-state index is 12.8. The van der Waals surface area contributed by atoms with Crippen LogP contribution >= 0.6 is 0 Å². The third kappa shape index (κ3) is 3.67. The minimum absolute atomic E-state index is 0.137. The number of hydrogen-bond donors (Lipinski definition) is 1. The molecule has 0 saturated carbocycles. The summed E-state index contributed by atoms with van der Waals surface area (Å²) in [6, 6.07) is 0. The Kier molecular flexibility index (Phi) is 5.62. The highest BCUT2D eigenvalue weighted by Gasteiger charge is 2.26. The molecular weight excluding hydrogens is 163 g/mol. The van der Waals surface area contributed by atoms with Gasteiger partial charge < -0.3 is 9.84 Å². The Morgan fingerprint density at radius 3 is 2.58 bits per heavy atom. The predicted octanol–water partition coefficient (Wildman–Crippen LogP) is 1.05. The Labute approximate surface area is 71.5 Å². The van der Waals surface area contributed by atoms with Gasteiger partial charge in [-0.3, -0.25) is 0 Å². The molecule has 0 bridgehead atoms. The van der Waals surface area contributed by atoms with Crippen LogP contribution in [0.2, 0.25) is 0 Å². The molecule has 0 aliphatic heterocycles. The van der Waals surface area contributed by atoms with Crippen LogP contribution in [0.4, 0.5) is 4.39 Å². The standard InChI is InChI=1S/C8H15FO3/c1-3-5-6(10)7(9)8(11)12-4-2/h6-7,10H,3-5H2,1-2H3/t6-,7-/m0/s1. The van der Waals surface area contributed by atoms with Crippen LogP contribution in [-0.4, -0.2) is 30.0 Å². The van der Waals surface area contributed by atoms with Gasteiger partial charge >= 0.3 is 5.97 Å². The third-order valence-corrected chi connectivity index (χ3v) is 1.43. The number of esters is 1. The molecule has 4 heteroatoms. The third-order valence-electron chi connectivity index (χ3n) is 1.43. The molecule has 12 heavy (non-hydrogen) atoms. The second-order valence-corrected chi connectivity index (χ2v) is 2.51. The summed E-state index contributed by atoms with van der Waals surface area (Å²) in [7, 11) is 0. The van der Waals surface area contributed by atoms with Crippen LogP contribution in [-0.2, 0) is 9.53 Å². The number of rotatable bonds is 5. The van der Waals surface area contributed by atoms with Crippen LogP contribution in [0.3, 0.4) is 0 Å². The van der Waals surface area contributed by atoms with Crippen molar-refractivity contribution in [3.05, 3.63) is 0 Å². The topological polar surface area (TPSA) is 46.5 Å². The molecule has 0 fully saturated rings. The molecule has 0 heterocycles. The molecule has 0 aromatic carbocycles. The lowest BCUT2D eigenvalue weighted by atomic mass is 10.1. The lowest BCUT2D eigenvalue weighted by molar-refractivity contribution is -0.153. The van der Waals surface area contributed by atoms with Crippen molar-refractivity contribution < 1.29 is 19.0 Å². The first-order valence-electron chi connectivity index (χ1n) is 4.12. The Morgan fingerprint density at radius 1 is 1.58 bits per heavy atom. The van der Waals surface area contributed by atoms with E-state index in [0.29, 0.717) is 6.42 Å². The van der Waals surface area contributed by atoms with Crippen LogP contribution in [0, 0.1) is 0 Å². The zero-order valence-electron chi connectivity index (χ0n) is 7.42. The summed E-state index contributed by atoms with van der Waals surface area (Å²) in [6.07, 6.45) is -2.21. The van der Waals surface area contributed by atoms with Crippen LogP contribution in [0.5, 0.6) is 0 Å². The molecule has 1 N–H and O–H groups in total. The van der Waals surface area contributed by atoms with E-state index in [1.54, 1.807) is 13.8 Å². The number of halogens is 1. The summed E-state index contributed by atoms with van der Waals surface area (Å²) in [5.74, 6) is -0.974. The first kappa shape index (κ1) is 11.4. The van der Waals surface area contributed by atoms with E-state index in [4.69, 9.17) is 5.11 Å². The lowest BCUT2D eigenvalue weighted by Crippen LogP contribution is -2.31. The van der Waals surface area contributed by atoms with Crippen molar-refractivity contribution in [2.24, 2.45) is 0 Å². The molecule has 3 nitrogen and oxygen atoms in total. The Balaban J connectivity index is 3.82. The van der Waals surface area contributed by atoms with Crippen LogP contribution in [0.15, 0.2) is 0 Å². The zero-order valence-corrected chi connectivity index (χ0v) is 7.42. The second kappa shape index (κ2) is 5.94. The van der Waals surface area contributed by atoms with Gasteiger partial charge in [0.05, 0.1) is 12.7 Å². The molecule has 0 radical (unpaired) electrons. The van der Waals surface area contributed by atoms with E-state index in [2.05, 4.69) is 4.74 Å². The monoisotopic (exact) mass is 178 g/mol. The van der Waals surface area contributed by atoms with Crippen molar-refractivity contribution in [3.63, 3.8) is 0 Å². The number of aliphatic hydroxyl groups excluding tert-OH is 1. The van der Waals surface area contributed by atoms with Crippen molar-refractivity contribution in [2.75, 3.05) is 6.61 Å². The largest absolute Gasteiger partial charge is 0.464 e. The highest BCUT2D eigenvalue weighted by atomic mass is 19.1. The zero-order chi connectivity index (χ0) is 9.56.